The van der Waals surface area contributed by atoms with E-state index in [4.69, 9.17) is 5.84 Å². The second-order valence-electron chi connectivity index (χ2n) is 6.68. The van der Waals surface area contributed by atoms with E-state index >= 15 is 0 Å². The number of benzene rings is 2. The minimum atomic E-state index is 0.402. The second-order valence-corrected chi connectivity index (χ2v) is 6.68. The summed E-state index contributed by atoms with van der Waals surface area (Å²) in [6.07, 6.45) is 6.34. The van der Waals surface area contributed by atoms with Gasteiger partial charge in [0.2, 0.25) is 0 Å². The lowest BCUT2D eigenvalue weighted by Gasteiger charge is -2.32. The Balaban J connectivity index is 1.72. The van der Waals surface area contributed by atoms with Crippen molar-refractivity contribution in [3.05, 3.63) is 48.0 Å². The van der Waals surface area contributed by atoms with Crippen molar-refractivity contribution in [2.45, 2.75) is 45.1 Å². The van der Waals surface area contributed by atoms with Crippen LogP contribution in [0.1, 0.15) is 38.2 Å². The molecule has 0 bridgehead atoms. The van der Waals surface area contributed by atoms with Crippen LogP contribution in [-0.4, -0.2) is 6.04 Å². The molecule has 0 radical (unpaired) electrons. The first-order valence-corrected chi connectivity index (χ1v) is 8.20. The molecule has 2 aromatic carbocycles. The van der Waals surface area contributed by atoms with E-state index < -0.39 is 0 Å². The minimum absolute atomic E-state index is 0.402. The highest BCUT2D eigenvalue weighted by atomic mass is 15.2. The number of nitrogens with one attached hydrogen (secondary N) is 1. The number of hydrazine groups is 1. The maximum absolute atomic E-state index is 5.85. The molecule has 2 nitrogen and oxygen atoms in total. The fourth-order valence-corrected chi connectivity index (χ4v) is 3.67. The first-order chi connectivity index (χ1) is 10.3. The normalized spacial score (nSPS) is 24.1. The first kappa shape index (κ1) is 14.6. The Labute approximate surface area is 127 Å². The van der Waals surface area contributed by atoms with Gasteiger partial charge < -0.3 is 0 Å². The molecule has 1 fully saturated rings. The van der Waals surface area contributed by atoms with Crippen LogP contribution in [0.3, 0.4) is 0 Å². The zero-order valence-corrected chi connectivity index (χ0v) is 12.9. The zero-order valence-electron chi connectivity index (χ0n) is 12.9. The number of fused-ring (bicyclic) bond motifs is 1. The van der Waals surface area contributed by atoms with E-state index in [1.165, 1.54) is 42.0 Å². The molecule has 2 aromatic rings. The third-order valence-corrected chi connectivity index (χ3v) is 5.11. The van der Waals surface area contributed by atoms with Gasteiger partial charge >= 0.3 is 0 Å². The highest BCUT2D eigenvalue weighted by Crippen LogP contribution is 2.31. The third kappa shape index (κ3) is 3.45. The summed E-state index contributed by atoms with van der Waals surface area (Å²) in [5.74, 6) is 7.46. The summed E-state index contributed by atoms with van der Waals surface area (Å²) < 4.78 is 0. The molecule has 3 N–H and O–H groups in total. The predicted octanol–water partition coefficient (Wildman–Crippen LogP) is 4.04. The lowest BCUT2D eigenvalue weighted by Crippen LogP contribution is -2.43. The molecule has 0 aromatic heterocycles. The van der Waals surface area contributed by atoms with Crippen molar-refractivity contribution in [1.82, 2.24) is 5.43 Å². The summed E-state index contributed by atoms with van der Waals surface area (Å²) in [5, 5.41) is 2.63. The molecule has 0 spiro atoms. The SMILES string of the molecule is CC1CCC(C(Cc2ccc3ccccc3c2)NN)CC1. The summed E-state index contributed by atoms with van der Waals surface area (Å²) in [6.45, 7) is 2.37. The van der Waals surface area contributed by atoms with Crippen molar-refractivity contribution in [2.75, 3.05) is 0 Å². The van der Waals surface area contributed by atoms with Gasteiger partial charge in [-0.15, -0.1) is 0 Å². The largest absolute Gasteiger partial charge is 0.271 e. The molecule has 1 unspecified atom stereocenters. The molecule has 0 saturated heterocycles. The van der Waals surface area contributed by atoms with Gasteiger partial charge in [0, 0.05) is 6.04 Å². The molecule has 1 aliphatic rings. The van der Waals surface area contributed by atoms with Crippen LogP contribution in [0, 0.1) is 11.8 Å². The Morgan fingerprint density at radius 3 is 2.48 bits per heavy atom. The Kier molecular flexibility index (Phi) is 4.57. The quantitative estimate of drug-likeness (QED) is 0.656. The molecule has 112 valence electrons. The minimum Gasteiger partial charge on any atom is -0.271 e. The van der Waals surface area contributed by atoms with Crippen molar-refractivity contribution >= 4 is 10.8 Å². The van der Waals surface area contributed by atoms with Gasteiger partial charge in [0.1, 0.15) is 0 Å². The monoisotopic (exact) mass is 282 g/mol. The fourth-order valence-electron chi connectivity index (χ4n) is 3.67. The number of hydrogen-bond acceptors (Lipinski definition) is 2. The lowest BCUT2D eigenvalue weighted by atomic mass is 9.78. The molecule has 2 heteroatoms. The molecule has 1 aliphatic carbocycles. The summed E-state index contributed by atoms with van der Waals surface area (Å²) >= 11 is 0. The molecular formula is C19H26N2. The Bertz CT molecular complexity index is 585. The van der Waals surface area contributed by atoms with Crippen molar-refractivity contribution in [1.29, 1.82) is 0 Å². The molecule has 3 rings (SSSR count). The molecule has 1 saturated carbocycles. The van der Waals surface area contributed by atoms with E-state index in [-0.39, 0.29) is 0 Å². The van der Waals surface area contributed by atoms with E-state index in [9.17, 15) is 0 Å². The van der Waals surface area contributed by atoms with Crippen molar-refractivity contribution in [3.8, 4) is 0 Å². The van der Waals surface area contributed by atoms with Crippen LogP contribution in [0.4, 0.5) is 0 Å². The van der Waals surface area contributed by atoms with Crippen molar-refractivity contribution in [3.63, 3.8) is 0 Å². The van der Waals surface area contributed by atoms with Crippen LogP contribution in [0.2, 0.25) is 0 Å². The molecule has 1 atom stereocenters. The second kappa shape index (κ2) is 6.59. The summed E-state index contributed by atoms with van der Waals surface area (Å²) in [5.41, 5.74) is 4.47. The third-order valence-electron chi connectivity index (χ3n) is 5.11. The van der Waals surface area contributed by atoms with Crippen LogP contribution >= 0.6 is 0 Å². The van der Waals surface area contributed by atoms with E-state index in [0.29, 0.717) is 6.04 Å². The standard InChI is InChI=1S/C19H26N2/c1-14-6-9-17(10-7-14)19(21-20)13-15-8-11-16-4-2-3-5-18(16)12-15/h2-5,8,11-12,14,17,19,21H,6-7,9-10,13,20H2,1H3. The van der Waals surface area contributed by atoms with Gasteiger partial charge in [-0.2, -0.15) is 0 Å². The van der Waals surface area contributed by atoms with Crippen LogP contribution < -0.4 is 11.3 Å². The summed E-state index contributed by atoms with van der Waals surface area (Å²) in [7, 11) is 0. The number of hydrogen-bond donors (Lipinski definition) is 2. The van der Waals surface area contributed by atoms with Gasteiger partial charge in [0.25, 0.3) is 0 Å². The summed E-state index contributed by atoms with van der Waals surface area (Å²) in [4.78, 5) is 0. The van der Waals surface area contributed by atoms with E-state index in [1.807, 2.05) is 0 Å². The average Bonchev–Trinajstić information content (AvgIpc) is 2.53. The molecule has 0 aliphatic heterocycles. The van der Waals surface area contributed by atoms with Crippen LogP contribution in [0.15, 0.2) is 42.5 Å². The maximum Gasteiger partial charge on any atom is 0.0279 e. The van der Waals surface area contributed by atoms with Crippen molar-refractivity contribution in [2.24, 2.45) is 17.7 Å². The van der Waals surface area contributed by atoms with Gasteiger partial charge in [0.05, 0.1) is 0 Å². The first-order valence-electron chi connectivity index (χ1n) is 8.20. The number of rotatable bonds is 4. The number of nitrogens with two attached hydrogens (primary N) is 1. The van der Waals surface area contributed by atoms with Gasteiger partial charge in [0.15, 0.2) is 0 Å². The Morgan fingerprint density at radius 2 is 1.76 bits per heavy atom. The van der Waals surface area contributed by atoms with Crippen LogP contribution in [0.25, 0.3) is 10.8 Å². The molecule has 0 heterocycles. The predicted molar refractivity (Wildman–Crippen MR) is 89.9 cm³/mol. The maximum atomic E-state index is 5.85. The van der Waals surface area contributed by atoms with Gasteiger partial charge in [-0.05, 0) is 47.4 Å². The highest BCUT2D eigenvalue weighted by molar-refractivity contribution is 5.82. The van der Waals surface area contributed by atoms with E-state index in [0.717, 1.165) is 18.3 Å². The van der Waals surface area contributed by atoms with E-state index in [1.54, 1.807) is 0 Å². The van der Waals surface area contributed by atoms with Crippen LogP contribution in [-0.2, 0) is 6.42 Å². The van der Waals surface area contributed by atoms with Gasteiger partial charge in [-0.1, -0.05) is 62.2 Å². The molecular weight excluding hydrogens is 256 g/mol. The molecule has 0 amide bonds. The van der Waals surface area contributed by atoms with Crippen LogP contribution in [0.5, 0.6) is 0 Å². The summed E-state index contributed by atoms with van der Waals surface area (Å²) in [6, 6.07) is 15.7. The average molecular weight is 282 g/mol. The topological polar surface area (TPSA) is 38.0 Å². The highest BCUT2D eigenvalue weighted by Gasteiger charge is 2.25. The van der Waals surface area contributed by atoms with Gasteiger partial charge in [-0.25, -0.2) is 0 Å². The molecule has 21 heavy (non-hydrogen) atoms. The smallest absolute Gasteiger partial charge is 0.0279 e. The Hall–Kier alpha value is -1.38. The zero-order chi connectivity index (χ0) is 14.7. The van der Waals surface area contributed by atoms with Crippen molar-refractivity contribution < 1.29 is 0 Å². The van der Waals surface area contributed by atoms with Gasteiger partial charge in [-0.3, -0.25) is 11.3 Å². The lowest BCUT2D eigenvalue weighted by molar-refractivity contribution is 0.229. The fraction of sp³-hybridized carbons (Fsp3) is 0.474. The Morgan fingerprint density at radius 1 is 1.05 bits per heavy atom. The van der Waals surface area contributed by atoms with E-state index in [2.05, 4.69) is 54.8 Å².